The first-order chi connectivity index (χ1) is 16.8. The molecule has 0 bridgehead atoms. The molecule has 2 N–H and O–H groups in total. The van der Waals surface area contributed by atoms with Crippen molar-refractivity contribution in [2.75, 3.05) is 11.9 Å². The molecule has 0 radical (unpaired) electrons. The molecule has 8 heteroatoms. The van der Waals surface area contributed by atoms with Crippen molar-refractivity contribution in [1.82, 2.24) is 0 Å². The van der Waals surface area contributed by atoms with E-state index in [-0.39, 0.29) is 51.9 Å². The van der Waals surface area contributed by atoms with Gasteiger partial charge in [-0.3, -0.25) is 9.59 Å². The normalized spacial score (nSPS) is 11.6. The van der Waals surface area contributed by atoms with Gasteiger partial charge in [-0.1, -0.05) is 72.6 Å². The van der Waals surface area contributed by atoms with Crippen molar-refractivity contribution in [3.05, 3.63) is 98.5 Å². The SMILES string of the molecule is CCOC(=O)c1c(Cl)cc(C(=O)c2ccccc2Cl)c(NC(=O)C(O)CC)c1Cc1ccccc1. The van der Waals surface area contributed by atoms with Crippen LogP contribution < -0.4 is 5.32 Å². The van der Waals surface area contributed by atoms with Gasteiger partial charge in [0.25, 0.3) is 5.91 Å². The zero-order valence-electron chi connectivity index (χ0n) is 19.3. The maximum Gasteiger partial charge on any atom is 0.340 e. The van der Waals surface area contributed by atoms with Crippen LogP contribution in [0.15, 0.2) is 60.7 Å². The van der Waals surface area contributed by atoms with E-state index in [1.807, 2.05) is 30.3 Å². The third-order valence-corrected chi connectivity index (χ3v) is 6.01. The predicted molar refractivity (Wildman–Crippen MR) is 136 cm³/mol. The number of hydrogen-bond acceptors (Lipinski definition) is 5. The molecule has 6 nitrogen and oxygen atoms in total. The van der Waals surface area contributed by atoms with Gasteiger partial charge in [-0.2, -0.15) is 0 Å². The largest absolute Gasteiger partial charge is 0.462 e. The van der Waals surface area contributed by atoms with Crippen LogP contribution in [0.25, 0.3) is 0 Å². The first-order valence-corrected chi connectivity index (χ1v) is 11.9. The van der Waals surface area contributed by atoms with E-state index in [2.05, 4.69) is 5.32 Å². The van der Waals surface area contributed by atoms with Crippen LogP contribution >= 0.6 is 23.2 Å². The lowest BCUT2D eigenvalue weighted by Crippen LogP contribution is -2.29. The minimum absolute atomic E-state index is 0.00109. The summed E-state index contributed by atoms with van der Waals surface area (Å²) in [7, 11) is 0. The van der Waals surface area contributed by atoms with Crippen molar-refractivity contribution in [1.29, 1.82) is 0 Å². The first kappa shape index (κ1) is 26.4. The molecule has 0 aliphatic carbocycles. The summed E-state index contributed by atoms with van der Waals surface area (Å²) in [5, 5.41) is 13.0. The molecule has 1 unspecified atom stereocenters. The number of amides is 1. The zero-order valence-corrected chi connectivity index (χ0v) is 20.8. The number of benzene rings is 3. The maximum atomic E-state index is 13.6. The van der Waals surface area contributed by atoms with Gasteiger partial charge >= 0.3 is 5.97 Å². The van der Waals surface area contributed by atoms with E-state index >= 15 is 0 Å². The molecule has 3 rings (SSSR count). The van der Waals surface area contributed by atoms with E-state index in [9.17, 15) is 19.5 Å². The van der Waals surface area contributed by atoms with Gasteiger partial charge in [-0.25, -0.2) is 4.79 Å². The molecule has 0 fully saturated rings. The van der Waals surface area contributed by atoms with Gasteiger partial charge in [0.2, 0.25) is 0 Å². The van der Waals surface area contributed by atoms with E-state index in [4.69, 9.17) is 27.9 Å². The van der Waals surface area contributed by atoms with Crippen LogP contribution in [-0.4, -0.2) is 35.5 Å². The predicted octanol–water partition coefficient (Wildman–Crippen LogP) is 5.70. The Kier molecular flexibility index (Phi) is 9.04. The molecule has 0 saturated heterocycles. The van der Waals surface area contributed by atoms with Crippen molar-refractivity contribution in [2.45, 2.75) is 32.8 Å². The Labute approximate surface area is 213 Å². The number of halogens is 2. The fraction of sp³-hybridized carbons (Fsp3) is 0.222. The monoisotopic (exact) mass is 513 g/mol. The van der Waals surface area contributed by atoms with E-state index in [0.717, 1.165) is 5.56 Å². The first-order valence-electron chi connectivity index (χ1n) is 11.1. The van der Waals surface area contributed by atoms with Crippen LogP contribution in [0.1, 0.15) is 57.7 Å². The number of ether oxygens (including phenoxy) is 1. The zero-order chi connectivity index (χ0) is 25.5. The molecule has 182 valence electrons. The fourth-order valence-electron chi connectivity index (χ4n) is 3.61. The Bertz CT molecular complexity index is 1240. The molecular weight excluding hydrogens is 489 g/mol. The highest BCUT2D eigenvalue weighted by Gasteiger charge is 2.29. The van der Waals surface area contributed by atoms with Crippen molar-refractivity contribution in [3.63, 3.8) is 0 Å². The molecule has 0 heterocycles. The summed E-state index contributed by atoms with van der Waals surface area (Å²) in [5.41, 5.74) is 1.46. The molecule has 1 amide bonds. The summed E-state index contributed by atoms with van der Waals surface area (Å²) < 4.78 is 5.23. The lowest BCUT2D eigenvalue weighted by molar-refractivity contribution is -0.124. The quantitative estimate of drug-likeness (QED) is 0.282. The average molecular weight is 514 g/mol. The summed E-state index contributed by atoms with van der Waals surface area (Å²) in [4.78, 5) is 39.3. The van der Waals surface area contributed by atoms with Gasteiger partial charge in [0.15, 0.2) is 5.78 Å². The summed E-state index contributed by atoms with van der Waals surface area (Å²) >= 11 is 12.8. The fourth-order valence-corrected chi connectivity index (χ4v) is 4.13. The van der Waals surface area contributed by atoms with Crippen molar-refractivity contribution in [3.8, 4) is 0 Å². The van der Waals surface area contributed by atoms with Crippen molar-refractivity contribution < 1.29 is 24.2 Å². The molecule has 35 heavy (non-hydrogen) atoms. The highest BCUT2D eigenvalue weighted by molar-refractivity contribution is 6.37. The number of carbonyl (C=O) groups excluding carboxylic acids is 3. The van der Waals surface area contributed by atoms with E-state index < -0.39 is 23.8 Å². The second-order valence-electron chi connectivity index (χ2n) is 7.74. The topological polar surface area (TPSA) is 92.7 Å². The second kappa shape index (κ2) is 12.0. The number of nitrogens with one attached hydrogen (secondary N) is 1. The number of anilines is 1. The lowest BCUT2D eigenvalue weighted by atomic mass is 9.91. The molecule has 0 aromatic heterocycles. The standard InChI is InChI=1S/C27H25Cl2NO5/c1-3-22(31)26(33)30-24-18(14-16-10-6-5-7-11-16)23(27(34)35-4-2)21(29)15-19(24)25(32)17-12-8-9-13-20(17)28/h5-13,15,22,31H,3-4,14H2,1-2H3,(H,30,33). The van der Waals surface area contributed by atoms with E-state index in [1.165, 1.54) is 6.07 Å². The minimum Gasteiger partial charge on any atom is -0.462 e. The average Bonchev–Trinajstić information content (AvgIpc) is 2.85. The summed E-state index contributed by atoms with van der Waals surface area (Å²) in [6, 6.07) is 17.0. The highest BCUT2D eigenvalue weighted by Crippen LogP contribution is 2.36. The molecule has 1 atom stereocenters. The maximum absolute atomic E-state index is 13.6. The van der Waals surface area contributed by atoms with Gasteiger partial charge in [-0.05, 0) is 42.7 Å². The third-order valence-electron chi connectivity index (χ3n) is 5.39. The number of rotatable bonds is 9. The minimum atomic E-state index is -1.32. The number of aliphatic hydroxyl groups excluding tert-OH is 1. The molecular formula is C27H25Cl2NO5. The van der Waals surface area contributed by atoms with Gasteiger partial charge in [0, 0.05) is 17.5 Å². The lowest BCUT2D eigenvalue weighted by Gasteiger charge is -2.21. The van der Waals surface area contributed by atoms with Crippen LogP contribution in [-0.2, 0) is 16.0 Å². The van der Waals surface area contributed by atoms with Crippen LogP contribution in [0.5, 0.6) is 0 Å². The van der Waals surface area contributed by atoms with Gasteiger partial charge in [0.05, 0.1) is 27.9 Å². The highest BCUT2D eigenvalue weighted by atomic mass is 35.5. The van der Waals surface area contributed by atoms with Crippen LogP contribution in [0.2, 0.25) is 10.0 Å². The van der Waals surface area contributed by atoms with Gasteiger partial charge < -0.3 is 15.2 Å². The summed E-state index contributed by atoms with van der Waals surface area (Å²) in [6.45, 7) is 3.42. The van der Waals surface area contributed by atoms with Crippen LogP contribution in [0.4, 0.5) is 5.69 Å². The number of hydrogen-bond donors (Lipinski definition) is 2. The van der Waals surface area contributed by atoms with Crippen LogP contribution in [0, 0.1) is 0 Å². The molecule has 3 aromatic rings. The van der Waals surface area contributed by atoms with Crippen LogP contribution in [0.3, 0.4) is 0 Å². The number of ketones is 1. The van der Waals surface area contributed by atoms with Gasteiger partial charge in [-0.15, -0.1) is 0 Å². The Hall–Kier alpha value is -3.19. The molecule has 3 aromatic carbocycles. The number of carbonyl (C=O) groups is 3. The van der Waals surface area contributed by atoms with E-state index in [1.54, 1.807) is 38.1 Å². The molecule has 0 aliphatic rings. The Morgan fingerprint density at radius 3 is 2.23 bits per heavy atom. The molecule has 0 aliphatic heterocycles. The smallest absolute Gasteiger partial charge is 0.340 e. The molecule has 0 spiro atoms. The Balaban J connectivity index is 2.31. The van der Waals surface area contributed by atoms with Gasteiger partial charge in [0.1, 0.15) is 6.10 Å². The van der Waals surface area contributed by atoms with Crippen molar-refractivity contribution in [2.24, 2.45) is 0 Å². The summed E-state index contributed by atoms with van der Waals surface area (Å²) in [5.74, 6) is -1.90. The molecule has 0 saturated carbocycles. The van der Waals surface area contributed by atoms with E-state index in [0.29, 0.717) is 5.56 Å². The summed E-state index contributed by atoms with van der Waals surface area (Å²) in [6.07, 6.45) is -0.994. The number of esters is 1. The Morgan fingerprint density at radius 2 is 1.60 bits per heavy atom. The second-order valence-corrected chi connectivity index (χ2v) is 8.55. The Morgan fingerprint density at radius 1 is 0.943 bits per heavy atom. The number of aliphatic hydroxyl groups is 1. The third kappa shape index (κ3) is 6.09. The van der Waals surface area contributed by atoms with Crippen molar-refractivity contribution >= 4 is 46.5 Å².